The summed E-state index contributed by atoms with van der Waals surface area (Å²) in [7, 11) is 0. The van der Waals surface area contributed by atoms with Crippen LogP contribution in [0.5, 0.6) is 0 Å². The number of carbonyl (C=O) groups is 3. The van der Waals surface area contributed by atoms with E-state index in [1.165, 1.54) is 18.7 Å². The molecule has 18 heavy (non-hydrogen) atoms. The molecule has 100 valence electrons. The number of amides is 4. The lowest BCUT2D eigenvalue weighted by Gasteiger charge is -2.30. The Morgan fingerprint density at radius 2 is 1.89 bits per heavy atom. The minimum Gasteiger partial charge on any atom is -0.479 e. The largest absolute Gasteiger partial charge is 0.479 e. The monoisotopic (exact) mass is 290 g/mol. The van der Waals surface area contributed by atoms with Gasteiger partial charge in [-0.15, -0.1) is 0 Å². The molecule has 1 rings (SSSR count). The van der Waals surface area contributed by atoms with Gasteiger partial charge in [0.15, 0.2) is 0 Å². The van der Waals surface area contributed by atoms with E-state index >= 15 is 0 Å². The molecule has 0 aromatic carbocycles. The SMILES string of the molecule is CCOC(=S)SCCC1(C)C(=O)NC(=O)NC1=O. The first-order chi connectivity index (χ1) is 8.40. The smallest absolute Gasteiger partial charge is 0.328 e. The van der Waals surface area contributed by atoms with Gasteiger partial charge in [0, 0.05) is 5.75 Å². The molecule has 0 spiro atoms. The third-order valence-electron chi connectivity index (χ3n) is 2.54. The third-order valence-corrected chi connectivity index (χ3v) is 3.77. The molecule has 0 aromatic rings. The van der Waals surface area contributed by atoms with Crippen LogP contribution in [-0.2, 0) is 14.3 Å². The molecule has 0 atom stereocenters. The van der Waals surface area contributed by atoms with Crippen LogP contribution in [0.15, 0.2) is 0 Å². The van der Waals surface area contributed by atoms with E-state index in [4.69, 9.17) is 17.0 Å². The number of carbonyl (C=O) groups excluding carboxylic acids is 3. The van der Waals surface area contributed by atoms with Crippen molar-refractivity contribution in [2.75, 3.05) is 12.4 Å². The van der Waals surface area contributed by atoms with E-state index in [1.807, 2.05) is 6.92 Å². The number of rotatable bonds is 4. The van der Waals surface area contributed by atoms with Gasteiger partial charge in [0.1, 0.15) is 5.41 Å². The molecule has 0 aliphatic carbocycles. The molecule has 0 bridgehead atoms. The van der Waals surface area contributed by atoms with Gasteiger partial charge < -0.3 is 4.74 Å². The minimum atomic E-state index is -1.25. The van der Waals surface area contributed by atoms with Crippen molar-refractivity contribution in [3.05, 3.63) is 0 Å². The van der Waals surface area contributed by atoms with Crippen molar-refractivity contribution in [1.82, 2.24) is 10.6 Å². The zero-order valence-corrected chi connectivity index (χ0v) is 11.7. The number of hydrogen-bond acceptors (Lipinski definition) is 6. The number of nitrogens with one attached hydrogen (secondary N) is 2. The Bertz CT molecular complexity index is 377. The quantitative estimate of drug-likeness (QED) is 0.588. The van der Waals surface area contributed by atoms with E-state index in [0.29, 0.717) is 16.7 Å². The van der Waals surface area contributed by atoms with Crippen molar-refractivity contribution in [1.29, 1.82) is 0 Å². The van der Waals surface area contributed by atoms with E-state index in [2.05, 4.69) is 10.6 Å². The third kappa shape index (κ3) is 3.42. The summed E-state index contributed by atoms with van der Waals surface area (Å²) in [6, 6.07) is -0.778. The number of hydrogen-bond donors (Lipinski definition) is 2. The minimum absolute atomic E-state index is 0.274. The van der Waals surface area contributed by atoms with E-state index in [0.717, 1.165) is 0 Å². The first-order valence-electron chi connectivity index (χ1n) is 5.36. The second-order valence-corrected chi connectivity index (χ2v) is 5.55. The van der Waals surface area contributed by atoms with Gasteiger partial charge in [0.2, 0.25) is 16.2 Å². The maximum atomic E-state index is 11.7. The number of urea groups is 1. The predicted octanol–water partition coefficient (Wildman–Crippen LogP) is 0.803. The van der Waals surface area contributed by atoms with Crippen LogP contribution in [-0.4, -0.2) is 34.6 Å². The summed E-state index contributed by atoms with van der Waals surface area (Å²) in [6.45, 7) is 3.80. The summed E-state index contributed by atoms with van der Waals surface area (Å²) in [6.07, 6.45) is 0.274. The summed E-state index contributed by atoms with van der Waals surface area (Å²) in [5.41, 5.74) is -1.25. The zero-order chi connectivity index (χ0) is 13.8. The Labute approximate surface area is 114 Å². The molecular weight excluding hydrogens is 276 g/mol. The summed E-state index contributed by atoms with van der Waals surface area (Å²) in [5.74, 6) is -0.706. The predicted molar refractivity (Wildman–Crippen MR) is 71.1 cm³/mol. The molecule has 0 aromatic heterocycles. The molecule has 2 N–H and O–H groups in total. The highest BCUT2D eigenvalue weighted by atomic mass is 32.2. The lowest BCUT2D eigenvalue weighted by Crippen LogP contribution is -2.61. The second kappa shape index (κ2) is 6.14. The molecule has 0 radical (unpaired) electrons. The maximum absolute atomic E-state index is 11.7. The summed E-state index contributed by atoms with van der Waals surface area (Å²) in [5, 5.41) is 4.16. The van der Waals surface area contributed by atoms with Gasteiger partial charge >= 0.3 is 6.03 Å². The fourth-order valence-corrected chi connectivity index (χ4v) is 2.59. The van der Waals surface area contributed by atoms with Crippen molar-refractivity contribution in [2.45, 2.75) is 20.3 Å². The van der Waals surface area contributed by atoms with E-state index < -0.39 is 23.3 Å². The first kappa shape index (κ1) is 14.9. The van der Waals surface area contributed by atoms with E-state index in [9.17, 15) is 14.4 Å². The number of barbiturate groups is 1. The summed E-state index contributed by atoms with van der Waals surface area (Å²) < 4.78 is 5.46. The second-order valence-electron chi connectivity index (χ2n) is 3.85. The maximum Gasteiger partial charge on any atom is 0.328 e. The summed E-state index contributed by atoms with van der Waals surface area (Å²) in [4.78, 5) is 34.3. The van der Waals surface area contributed by atoms with Gasteiger partial charge in [-0.2, -0.15) is 0 Å². The molecule has 1 aliphatic heterocycles. The van der Waals surface area contributed by atoms with Gasteiger partial charge in [-0.1, -0.05) is 11.8 Å². The normalized spacial score (nSPS) is 18.0. The number of thioether (sulfide) groups is 1. The van der Waals surface area contributed by atoms with E-state index in [1.54, 1.807) is 0 Å². The van der Waals surface area contributed by atoms with Crippen LogP contribution in [0.25, 0.3) is 0 Å². The zero-order valence-electron chi connectivity index (χ0n) is 10.1. The topological polar surface area (TPSA) is 84.5 Å². The van der Waals surface area contributed by atoms with Crippen molar-refractivity contribution in [2.24, 2.45) is 5.41 Å². The Hall–Kier alpha value is -1.15. The molecule has 1 saturated heterocycles. The fourth-order valence-electron chi connectivity index (χ4n) is 1.34. The Morgan fingerprint density at radius 3 is 2.39 bits per heavy atom. The van der Waals surface area contributed by atoms with Gasteiger partial charge in [-0.25, -0.2) is 4.79 Å². The van der Waals surface area contributed by atoms with Crippen LogP contribution in [0.1, 0.15) is 20.3 Å². The van der Waals surface area contributed by atoms with Gasteiger partial charge in [0.05, 0.1) is 6.61 Å². The Balaban J connectivity index is 2.53. The number of ether oxygens (including phenoxy) is 1. The van der Waals surface area contributed by atoms with Crippen molar-refractivity contribution >= 4 is 46.2 Å². The molecule has 1 fully saturated rings. The Kier molecular flexibility index (Phi) is 5.09. The average molecular weight is 290 g/mol. The molecule has 0 saturated carbocycles. The molecule has 1 aliphatic rings. The highest BCUT2D eigenvalue weighted by molar-refractivity contribution is 8.22. The van der Waals surface area contributed by atoms with Crippen molar-refractivity contribution in [3.63, 3.8) is 0 Å². The standard InChI is InChI=1S/C10H14N2O4S2/c1-3-16-9(17)18-5-4-10(2)6(13)11-8(15)12-7(10)14/h3-5H2,1-2H3,(H2,11,12,13,14,15). The number of imide groups is 2. The summed E-state index contributed by atoms with van der Waals surface area (Å²) >= 11 is 6.18. The van der Waals surface area contributed by atoms with Gasteiger partial charge in [-0.3, -0.25) is 20.2 Å². The van der Waals surface area contributed by atoms with Crippen LogP contribution in [0.2, 0.25) is 0 Å². The lowest BCUT2D eigenvalue weighted by atomic mass is 9.84. The average Bonchev–Trinajstić information content (AvgIpc) is 2.26. The molecule has 0 unspecified atom stereocenters. The highest BCUT2D eigenvalue weighted by Crippen LogP contribution is 2.26. The molecule has 1 heterocycles. The van der Waals surface area contributed by atoms with Crippen molar-refractivity contribution < 1.29 is 19.1 Å². The van der Waals surface area contributed by atoms with Gasteiger partial charge in [-0.05, 0) is 32.5 Å². The van der Waals surface area contributed by atoms with Crippen LogP contribution < -0.4 is 10.6 Å². The molecule has 8 heteroatoms. The van der Waals surface area contributed by atoms with Crippen LogP contribution in [0.3, 0.4) is 0 Å². The van der Waals surface area contributed by atoms with Crippen LogP contribution >= 0.6 is 24.0 Å². The van der Waals surface area contributed by atoms with Gasteiger partial charge in [0.25, 0.3) is 0 Å². The molecule has 6 nitrogen and oxygen atoms in total. The van der Waals surface area contributed by atoms with Crippen molar-refractivity contribution in [3.8, 4) is 0 Å². The molecule has 4 amide bonds. The number of thiocarbonyl (C=S) groups is 1. The van der Waals surface area contributed by atoms with E-state index in [-0.39, 0.29) is 6.42 Å². The Morgan fingerprint density at radius 1 is 1.33 bits per heavy atom. The fraction of sp³-hybridized carbons (Fsp3) is 0.600. The molecular formula is C10H14N2O4S2. The first-order valence-corrected chi connectivity index (χ1v) is 6.76. The lowest BCUT2D eigenvalue weighted by molar-refractivity contribution is -0.143. The van der Waals surface area contributed by atoms with Crippen LogP contribution in [0, 0.1) is 5.41 Å². The highest BCUT2D eigenvalue weighted by Gasteiger charge is 2.45. The van der Waals surface area contributed by atoms with Crippen LogP contribution in [0.4, 0.5) is 4.79 Å².